The summed E-state index contributed by atoms with van der Waals surface area (Å²) in [6, 6.07) is 11.2. The lowest BCUT2D eigenvalue weighted by Crippen LogP contribution is -2.27. The van der Waals surface area contributed by atoms with Crippen molar-refractivity contribution in [3.05, 3.63) is 54.0 Å². The molecule has 0 spiro atoms. The highest BCUT2D eigenvalue weighted by Gasteiger charge is 2.21. The molecule has 3 N–H and O–H groups in total. The van der Waals surface area contributed by atoms with Crippen LogP contribution in [0, 0.1) is 0 Å². The van der Waals surface area contributed by atoms with Gasteiger partial charge in [0.1, 0.15) is 11.4 Å². The number of nitrogen functional groups attached to an aromatic ring is 1. The minimum atomic E-state index is -0.940. The second-order valence-electron chi connectivity index (χ2n) is 6.78. The van der Waals surface area contributed by atoms with Crippen LogP contribution in [0.25, 0.3) is 11.5 Å². The van der Waals surface area contributed by atoms with Gasteiger partial charge >= 0.3 is 0 Å². The van der Waals surface area contributed by atoms with Gasteiger partial charge in [0.05, 0.1) is 19.3 Å². The molecule has 26 heavy (non-hydrogen) atoms. The highest BCUT2D eigenvalue weighted by atomic mass is 16.5. The highest BCUT2D eigenvalue weighted by Crippen LogP contribution is 2.23. The average molecular weight is 353 g/mol. The van der Waals surface area contributed by atoms with Crippen LogP contribution in [-0.4, -0.2) is 37.6 Å². The maximum atomic E-state index is 10.2. The summed E-state index contributed by atoms with van der Waals surface area (Å²) in [6.45, 7) is 3.74. The number of hydrogen-bond donors (Lipinski definition) is 2. The molecule has 0 unspecified atom stereocenters. The number of anilines is 1. The van der Waals surface area contributed by atoms with Crippen molar-refractivity contribution in [1.29, 1.82) is 0 Å². The van der Waals surface area contributed by atoms with Crippen LogP contribution in [0.5, 0.6) is 5.75 Å². The first kappa shape index (κ1) is 17.9. The van der Waals surface area contributed by atoms with E-state index in [9.17, 15) is 5.11 Å². The molecule has 0 fully saturated rings. The van der Waals surface area contributed by atoms with Gasteiger partial charge in [0, 0.05) is 23.9 Å². The molecule has 2 aromatic heterocycles. The number of hydrogen-bond acceptors (Lipinski definition) is 6. The van der Waals surface area contributed by atoms with Crippen molar-refractivity contribution in [3.8, 4) is 17.3 Å². The Morgan fingerprint density at radius 1 is 1.23 bits per heavy atom. The van der Waals surface area contributed by atoms with Crippen LogP contribution >= 0.6 is 0 Å². The molecule has 0 bridgehead atoms. The van der Waals surface area contributed by atoms with Gasteiger partial charge in [0.2, 0.25) is 0 Å². The molecule has 0 atom stereocenters. The molecule has 1 aromatic carbocycles. The summed E-state index contributed by atoms with van der Waals surface area (Å²) in [6.07, 6.45) is 2.14. The van der Waals surface area contributed by atoms with Gasteiger partial charge in [-0.15, -0.1) is 0 Å². The zero-order valence-corrected chi connectivity index (χ0v) is 15.2. The number of pyridine rings is 1. The van der Waals surface area contributed by atoms with Gasteiger partial charge in [-0.2, -0.15) is 5.10 Å². The Morgan fingerprint density at radius 2 is 2.00 bits per heavy atom. The Bertz CT molecular complexity index is 899. The molecule has 2 heterocycles. The van der Waals surface area contributed by atoms with E-state index in [1.54, 1.807) is 44.0 Å². The second-order valence-corrected chi connectivity index (χ2v) is 6.78. The third kappa shape index (κ3) is 4.18. The number of benzene rings is 1. The molecule has 0 amide bonds. The molecule has 3 rings (SSSR count). The van der Waals surface area contributed by atoms with Gasteiger partial charge in [0.25, 0.3) is 0 Å². The first-order chi connectivity index (χ1) is 12.4. The minimum Gasteiger partial charge on any atom is -0.496 e. The standard InChI is InChI=1S/C19H23N5O2/c1-19(2,25)12-24-18(15-11-14(20)8-9-21-15)22-17(23-24)10-13-6-4-5-7-16(13)26-3/h4-9,11,25H,10,12H2,1-3H3,(H2,20,21). The Labute approximate surface area is 152 Å². The maximum Gasteiger partial charge on any atom is 0.177 e. The Morgan fingerprint density at radius 3 is 2.69 bits per heavy atom. The summed E-state index contributed by atoms with van der Waals surface area (Å²) in [4.78, 5) is 8.99. The Balaban J connectivity index is 2.01. The van der Waals surface area contributed by atoms with Crippen LogP contribution in [0.1, 0.15) is 25.2 Å². The zero-order valence-electron chi connectivity index (χ0n) is 15.2. The van der Waals surface area contributed by atoms with Crippen LogP contribution in [0.2, 0.25) is 0 Å². The summed E-state index contributed by atoms with van der Waals surface area (Å²) >= 11 is 0. The van der Waals surface area contributed by atoms with Crippen LogP contribution in [0.3, 0.4) is 0 Å². The van der Waals surface area contributed by atoms with E-state index >= 15 is 0 Å². The van der Waals surface area contributed by atoms with Gasteiger partial charge in [-0.25, -0.2) is 9.67 Å². The number of aliphatic hydroxyl groups is 1. The fourth-order valence-corrected chi connectivity index (χ4v) is 2.72. The predicted octanol–water partition coefficient (Wildman–Crippen LogP) is 2.29. The normalized spacial score (nSPS) is 11.5. The lowest BCUT2D eigenvalue weighted by molar-refractivity contribution is 0.0581. The maximum absolute atomic E-state index is 10.2. The van der Waals surface area contributed by atoms with Crippen LogP contribution in [0.15, 0.2) is 42.6 Å². The molecule has 0 aliphatic carbocycles. The number of methoxy groups -OCH3 is 1. The molecule has 0 saturated heterocycles. The lowest BCUT2D eigenvalue weighted by atomic mass is 10.1. The number of nitrogens with zero attached hydrogens (tertiary/aromatic N) is 4. The van der Waals surface area contributed by atoms with Crippen molar-refractivity contribution in [2.24, 2.45) is 0 Å². The number of ether oxygens (including phenoxy) is 1. The quantitative estimate of drug-likeness (QED) is 0.705. The SMILES string of the molecule is COc1ccccc1Cc1nc(-c2cc(N)ccn2)n(CC(C)(C)O)n1. The molecule has 0 aliphatic rings. The number of aromatic nitrogens is 4. The van der Waals surface area contributed by atoms with Crippen molar-refractivity contribution in [2.75, 3.05) is 12.8 Å². The summed E-state index contributed by atoms with van der Waals surface area (Å²) in [7, 11) is 1.64. The summed E-state index contributed by atoms with van der Waals surface area (Å²) in [5.41, 5.74) is 7.14. The molecule has 0 saturated carbocycles. The van der Waals surface area contributed by atoms with Crippen LogP contribution in [0.4, 0.5) is 5.69 Å². The van der Waals surface area contributed by atoms with E-state index in [1.807, 2.05) is 24.3 Å². The fourth-order valence-electron chi connectivity index (χ4n) is 2.72. The van der Waals surface area contributed by atoms with Gasteiger partial charge < -0.3 is 15.6 Å². The van der Waals surface area contributed by atoms with Crippen molar-refractivity contribution in [1.82, 2.24) is 19.7 Å². The first-order valence-electron chi connectivity index (χ1n) is 8.35. The van der Waals surface area contributed by atoms with Crippen molar-refractivity contribution < 1.29 is 9.84 Å². The largest absolute Gasteiger partial charge is 0.496 e. The van der Waals surface area contributed by atoms with E-state index in [0.717, 1.165) is 11.3 Å². The van der Waals surface area contributed by atoms with E-state index in [0.29, 0.717) is 29.5 Å². The van der Waals surface area contributed by atoms with Gasteiger partial charge in [-0.1, -0.05) is 18.2 Å². The van der Waals surface area contributed by atoms with Gasteiger partial charge in [-0.3, -0.25) is 4.98 Å². The zero-order chi connectivity index (χ0) is 18.7. The summed E-state index contributed by atoms with van der Waals surface area (Å²) in [5, 5.41) is 14.8. The fraction of sp³-hybridized carbons (Fsp3) is 0.316. The third-order valence-electron chi connectivity index (χ3n) is 3.81. The number of rotatable bonds is 6. The third-order valence-corrected chi connectivity index (χ3v) is 3.81. The molecule has 0 aliphatic heterocycles. The molecule has 136 valence electrons. The highest BCUT2D eigenvalue weighted by molar-refractivity contribution is 5.56. The molecule has 3 aromatic rings. The van der Waals surface area contributed by atoms with Crippen molar-refractivity contribution in [3.63, 3.8) is 0 Å². The molecule has 7 heteroatoms. The smallest absolute Gasteiger partial charge is 0.177 e. The first-order valence-corrected chi connectivity index (χ1v) is 8.35. The van der Waals surface area contributed by atoms with E-state index in [4.69, 9.17) is 10.5 Å². The monoisotopic (exact) mass is 353 g/mol. The lowest BCUT2D eigenvalue weighted by Gasteiger charge is -2.17. The molecule has 0 radical (unpaired) electrons. The van der Waals surface area contributed by atoms with Crippen LogP contribution in [-0.2, 0) is 13.0 Å². The van der Waals surface area contributed by atoms with E-state index in [-0.39, 0.29) is 6.54 Å². The Kier molecular flexibility index (Phi) is 4.90. The number of nitrogens with two attached hydrogens (primary N) is 1. The van der Waals surface area contributed by atoms with Gasteiger partial charge in [0.15, 0.2) is 11.6 Å². The predicted molar refractivity (Wildman–Crippen MR) is 99.8 cm³/mol. The summed E-state index contributed by atoms with van der Waals surface area (Å²) in [5.74, 6) is 1.98. The topological polar surface area (TPSA) is 99.1 Å². The van der Waals surface area contributed by atoms with E-state index < -0.39 is 5.60 Å². The van der Waals surface area contributed by atoms with E-state index in [1.165, 1.54) is 0 Å². The summed E-state index contributed by atoms with van der Waals surface area (Å²) < 4.78 is 7.08. The molecular weight excluding hydrogens is 330 g/mol. The average Bonchev–Trinajstić information content (AvgIpc) is 2.95. The van der Waals surface area contributed by atoms with E-state index in [2.05, 4.69) is 15.1 Å². The molecule has 7 nitrogen and oxygen atoms in total. The van der Waals surface area contributed by atoms with Crippen molar-refractivity contribution >= 4 is 5.69 Å². The Hall–Kier alpha value is -2.93. The molecular formula is C19H23N5O2. The second kappa shape index (κ2) is 7.13. The minimum absolute atomic E-state index is 0.289. The van der Waals surface area contributed by atoms with Crippen LogP contribution < -0.4 is 10.5 Å². The van der Waals surface area contributed by atoms with Gasteiger partial charge in [-0.05, 0) is 32.0 Å². The van der Waals surface area contributed by atoms with Crippen molar-refractivity contribution in [2.45, 2.75) is 32.4 Å². The number of para-hydroxylation sites is 1.